The van der Waals surface area contributed by atoms with Crippen molar-refractivity contribution < 1.29 is 9.59 Å². The van der Waals surface area contributed by atoms with E-state index in [1.165, 1.54) is 0 Å². The van der Waals surface area contributed by atoms with E-state index < -0.39 is 0 Å². The van der Waals surface area contributed by atoms with E-state index in [0.29, 0.717) is 12.2 Å². The number of pyridine rings is 1. The van der Waals surface area contributed by atoms with Crippen LogP contribution in [0.2, 0.25) is 0 Å². The number of likely N-dealkylation sites (N-methyl/N-ethyl adjacent to an activating group) is 1. The third-order valence-electron chi connectivity index (χ3n) is 3.66. The molecule has 1 atom stereocenters. The number of amides is 2. The summed E-state index contributed by atoms with van der Waals surface area (Å²) in [6.07, 6.45) is 2.07. The Kier molecular flexibility index (Phi) is 5.27. The van der Waals surface area contributed by atoms with Crippen molar-refractivity contribution in [2.75, 3.05) is 26.7 Å². The maximum Gasteiger partial charge on any atom is 0.272 e. The number of aromatic nitrogens is 1. The van der Waals surface area contributed by atoms with Gasteiger partial charge >= 0.3 is 0 Å². The highest BCUT2D eigenvalue weighted by atomic mass is 16.2. The maximum atomic E-state index is 12.3. The SMILES string of the molecule is CNC(C)CNC(=O)c1cccc(C(=O)N2CCCC2)n1. The van der Waals surface area contributed by atoms with Crippen LogP contribution in [-0.4, -0.2) is 54.4 Å². The second kappa shape index (κ2) is 7.17. The Morgan fingerprint density at radius 3 is 2.62 bits per heavy atom. The minimum Gasteiger partial charge on any atom is -0.349 e. The molecule has 6 nitrogen and oxygen atoms in total. The van der Waals surface area contributed by atoms with Crippen LogP contribution in [0, 0.1) is 0 Å². The predicted octanol–water partition coefficient (Wildman–Crippen LogP) is 0.655. The van der Waals surface area contributed by atoms with Crippen molar-refractivity contribution in [1.29, 1.82) is 0 Å². The third-order valence-corrected chi connectivity index (χ3v) is 3.66. The van der Waals surface area contributed by atoms with Gasteiger partial charge in [-0.2, -0.15) is 0 Å². The first kappa shape index (κ1) is 15.4. The molecule has 1 saturated heterocycles. The number of rotatable bonds is 5. The van der Waals surface area contributed by atoms with Crippen molar-refractivity contribution in [3.8, 4) is 0 Å². The van der Waals surface area contributed by atoms with Gasteiger partial charge < -0.3 is 15.5 Å². The lowest BCUT2D eigenvalue weighted by molar-refractivity contribution is 0.0787. The van der Waals surface area contributed by atoms with Crippen molar-refractivity contribution >= 4 is 11.8 Å². The zero-order valence-corrected chi connectivity index (χ0v) is 12.6. The summed E-state index contributed by atoms with van der Waals surface area (Å²) in [5.74, 6) is -0.348. The van der Waals surface area contributed by atoms with E-state index in [9.17, 15) is 9.59 Å². The summed E-state index contributed by atoms with van der Waals surface area (Å²) in [6.45, 7) is 4.04. The van der Waals surface area contributed by atoms with E-state index >= 15 is 0 Å². The molecule has 6 heteroatoms. The Bertz CT molecular complexity index is 512. The first-order chi connectivity index (χ1) is 10.1. The highest BCUT2D eigenvalue weighted by molar-refractivity contribution is 5.96. The molecule has 1 unspecified atom stereocenters. The number of carbonyl (C=O) groups is 2. The number of hydrogen-bond donors (Lipinski definition) is 2. The van der Waals surface area contributed by atoms with Gasteiger partial charge in [-0.15, -0.1) is 0 Å². The van der Waals surface area contributed by atoms with E-state index in [1.54, 1.807) is 23.1 Å². The molecule has 0 saturated carbocycles. The number of likely N-dealkylation sites (tertiary alicyclic amines) is 1. The summed E-state index contributed by atoms with van der Waals surface area (Å²) in [5.41, 5.74) is 0.620. The molecule has 0 spiro atoms. The maximum absolute atomic E-state index is 12.3. The number of nitrogens with zero attached hydrogens (tertiary/aromatic N) is 2. The fraction of sp³-hybridized carbons (Fsp3) is 0.533. The van der Waals surface area contributed by atoms with Crippen LogP contribution in [0.25, 0.3) is 0 Å². The van der Waals surface area contributed by atoms with Gasteiger partial charge in [-0.3, -0.25) is 9.59 Å². The molecule has 2 N–H and O–H groups in total. The van der Waals surface area contributed by atoms with Gasteiger partial charge in [0.05, 0.1) is 0 Å². The molecule has 0 bridgehead atoms. The quantitative estimate of drug-likeness (QED) is 0.835. The first-order valence-electron chi connectivity index (χ1n) is 7.33. The Morgan fingerprint density at radius 2 is 1.95 bits per heavy atom. The molecule has 2 rings (SSSR count). The molecule has 1 aliphatic rings. The van der Waals surface area contributed by atoms with Crippen LogP contribution in [0.15, 0.2) is 18.2 Å². The van der Waals surface area contributed by atoms with E-state index in [0.717, 1.165) is 25.9 Å². The van der Waals surface area contributed by atoms with Crippen LogP contribution >= 0.6 is 0 Å². The largest absolute Gasteiger partial charge is 0.349 e. The lowest BCUT2D eigenvalue weighted by Gasteiger charge is -2.15. The molecule has 21 heavy (non-hydrogen) atoms. The molecule has 0 aliphatic carbocycles. The van der Waals surface area contributed by atoms with E-state index in [4.69, 9.17) is 0 Å². The molecule has 0 radical (unpaired) electrons. The second-order valence-corrected chi connectivity index (χ2v) is 5.31. The molecule has 1 aromatic rings. The molecule has 1 fully saturated rings. The van der Waals surface area contributed by atoms with Crippen LogP contribution in [-0.2, 0) is 0 Å². The summed E-state index contributed by atoms with van der Waals surface area (Å²) in [6, 6.07) is 5.17. The van der Waals surface area contributed by atoms with E-state index in [-0.39, 0.29) is 23.6 Å². The highest BCUT2D eigenvalue weighted by Crippen LogP contribution is 2.11. The van der Waals surface area contributed by atoms with Gasteiger partial charge in [0, 0.05) is 25.7 Å². The third kappa shape index (κ3) is 4.01. The molecule has 2 amide bonds. The van der Waals surface area contributed by atoms with Crippen LogP contribution in [0.3, 0.4) is 0 Å². The topological polar surface area (TPSA) is 74.3 Å². The fourth-order valence-electron chi connectivity index (χ4n) is 2.20. The molecule has 2 heterocycles. The van der Waals surface area contributed by atoms with Crippen LogP contribution < -0.4 is 10.6 Å². The number of nitrogens with one attached hydrogen (secondary N) is 2. The lowest BCUT2D eigenvalue weighted by Crippen LogP contribution is -2.37. The zero-order valence-electron chi connectivity index (χ0n) is 12.6. The summed E-state index contributed by atoms with van der Waals surface area (Å²) < 4.78 is 0. The number of hydrogen-bond acceptors (Lipinski definition) is 4. The van der Waals surface area contributed by atoms with Crippen molar-refractivity contribution in [2.45, 2.75) is 25.8 Å². The zero-order chi connectivity index (χ0) is 15.2. The minimum absolute atomic E-state index is 0.0919. The van der Waals surface area contributed by atoms with Gasteiger partial charge in [-0.25, -0.2) is 4.98 Å². The molecule has 1 aromatic heterocycles. The van der Waals surface area contributed by atoms with Gasteiger partial charge in [-0.1, -0.05) is 6.07 Å². The molecule has 114 valence electrons. The van der Waals surface area contributed by atoms with Gasteiger partial charge in [0.15, 0.2) is 0 Å². The average molecular weight is 290 g/mol. The van der Waals surface area contributed by atoms with Crippen LogP contribution in [0.4, 0.5) is 0 Å². The van der Waals surface area contributed by atoms with Crippen LogP contribution in [0.1, 0.15) is 40.7 Å². The highest BCUT2D eigenvalue weighted by Gasteiger charge is 2.21. The Balaban J connectivity index is 2.03. The standard InChI is InChI=1S/C15H22N4O2/c1-11(16-2)10-17-14(20)12-6-5-7-13(18-12)15(21)19-8-3-4-9-19/h5-7,11,16H,3-4,8-10H2,1-2H3,(H,17,20). The minimum atomic E-state index is -0.256. The van der Waals surface area contributed by atoms with Crippen molar-refractivity contribution in [1.82, 2.24) is 20.5 Å². The van der Waals surface area contributed by atoms with Gasteiger partial charge in [-0.05, 0) is 38.9 Å². The molecule has 1 aliphatic heterocycles. The Labute approximate surface area is 124 Å². The summed E-state index contributed by atoms with van der Waals surface area (Å²) in [4.78, 5) is 30.3. The summed E-state index contributed by atoms with van der Waals surface area (Å²) in [7, 11) is 1.84. The number of carbonyl (C=O) groups excluding carboxylic acids is 2. The van der Waals surface area contributed by atoms with Gasteiger partial charge in [0.25, 0.3) is 11.8 Å². The monoisotopic (exact) mass is 290 g/mol. The van der Waals surface area contributed by atoms with E-state index in [2.05, 4.69) is 15.6 Å². The van der Waals surface area contributed by atoms with Gasteiger partial charge in [0.1, 0.15) is 11.4 Å². The molecule has 0 aromatic carbocycles. The normalized spacial score (nSPS) is 15.8. The Hall–Kier alpha value is -1.95. The first-order valence-corrected chi connectivity index (χ1v) is 7.33. The lowest BCUT2D eigenvalue weighted by atomic mass is 10.2. The molecular weight excluding hydrogens is 268 g/mol. The Morgan fingerprint density at radius 1 is 1.29 bits per heavy atom. The fourth-order valence-corrected chi connectivity index (χ4v) is 2.20. The van der Waals surface area contributed by atoms with Gasteiger partial charge in [0.2, 0.25) is 0 Å². The smallest absolute Gasteiger partial charge is 0.272 e. The second-order valence-electron chi connectivity index (χ2n) is 5.31. The van der Waals surface area contributed by atoms with Crippen molar-refractivity contribution in [3.05, 3.63) is 29.6 Å². The molecular formula is C15H22N4O2. The van der Waals surface area contributed by atoms with Crippen molar-refractivity contribution in [3.63, 3.8) is 0 Å². The predicted molar refractivity (Wildman–Crippen MR) is 80.2 cm³/mol. The summed E-state index contributed by atoms with van der Waals surface area (Å²) in [5, 5.41) is 5.84. The summed E-state index contributed by atoms with van der Waals surface area (Å²) >= 11 is 0. The van der Waals surface area contributed by atoms with Crippen molar-refractivity contribution in [2.24, 2.45) is 0 Å². The van der Waals surface area contributed by atoms with E-state index in [1.807, 2.05) is 14.0 Å². The van der Waals surface area contributed by atoms with Crippen LogP contribution in [0.5, 0.6) is 0 Å². The average Bonchev–Trinajstić information content (AvgIpc) is 3.06.